The molecular formula is C10H12ClNO. The number of aryl methyl sites for hydroxylation is 1. The summed E-state index contributed by atoms with van der Waals surface area (Å²) in [6, 6.07) is 3.04. The molecule has 1 aromatic rings. The van der Waals surface area contributed by atoms with E-state index < -0.39 is 6.04 Å². The molecule has 0 amide bonds. The Morgan fingerprint density at radius 2 is 2.23 bits per heavy atom. The van der Waals surface area contributed by atoms with E-state index in [0.717, 1.165) is 5.56 Å². The van der Waals surface area contributed by atoms with Crippen LogP contribution in [0, 0.1) is 6.92 Å². The highest BCUT2D eigenvalue weighted by Gasteiger charge is 2.13. The first-order valence-electron chi connectivity index (χ1n) is 3.94. The highest BCUT2D eigenvalue weighted by molar-refractivity contribution is 6.31. The molecule has 1 aromatic carbocycles. The summed E-state index contributed by atoms with van der Waals surface area (Å²) in [7, 11) is 0. The maximum Gasteiger partial charge on any atom is 0.125 e. The van der Waals surface area contributed by atoms with Gasteiger partial charge in [0.15, 0.2) is 0 Å². The molecule has 3 N–H and O–H groups in total. The minimum Gasteiger partial charge on any atom is -0.507 e. The van der Waals surface area contributed by atoms with E-state index in [1.807, 2.05) is 0 Å². The molecule has 0 aromatic heterocycles. The van der Waals surface area contributed by atoms with Gasteiger partial charge in [-0.3, -0.25) is 0 Å². The van der Waals surface area contributed by atoms with Crippen LogP contribution >= 0.6 is 11.6 Å². The summed E-state index contributed by atoms with van der Waals surface area (Å²) >= 11 is 5.89. The van der Waals surface area contributed by atoms with Crippen molar-refractivity contribution in [2.45, 2.75) is 13.0 Å². The molecule has 0 saturated heterocycles. The largest absolute Gasteiger partial charge is 0.507 e. The molecule has 70 valence electrons. The molecule has 2 nitrogen and oxygen atoms in total. The van der Waals surface area contributed by atoms with Gasteiger partial charge >= 0.3 is 0 Å². The van der Waals surface area contributed by atoms with E-state index in [0.29, 0.717) is 10.6 Å². The third kappa shape index (κ3) is 1.85. The van der Waals surface area contributed by atoms with Crippen LogP contribution in [0.15, 0.2) is 24.8 Å². The van der Waals surface area contributed by atoms with E-state index in [2.05, 4.69) is 6.58 Å². The van der Waals surface area contributed by atoms with Crippen LogP contribution in [-0.4, -0.2) is 5.11 Å². The SMILES string of the molecule is C=C[C@H](N)c1c(Cl)ccc(C)c1O. The van der Waals surface area contributed by atoms with E-state index in [1.165, 1.54) is 0 Å². The van der Waals surface area contributed by atoms with Crippen molar-refractivity contribution in [3.05, 3.63) is 40.9 Å². The molecule has 1 atom stereocenters. The zero-order chi connectivity index (χ0) is 10.0. The number of halogens is 1. The maximum atomic E-state index is 9.67. The van der Waals surface area contributed by atoms with Crippen LogP contribution in [0.2, 0.25) is 5.02 Å². The van der Waals surface area contributed by atoms with Crippen LogP contribution in [0.25, 0.3) is 0 Å². The molecule has 0 fully saturated rings. The molecule has 0 spiro atoms. The quantitative estimate of drug-likeness (QED) is 0.716. The standard InChI is InChI=1S/C10H12ClNO/c1-3-8(12)9-7(11)5-4-6(2)10(9)13/h3-5,8,13H,1,12H2,2H3/t8-/m0/s1. The van der Waals surface area contributed by atoms with E-state index in [4.69, 9.17) is 17.3 Å². The molecule has 0 bridgehead atoms. The van der Waals surface area contributed by atoms with Gasteiger partial charge in [-0.1, -0.05) is 23.7 Å². The fraction of sp³-hybridized carbons (Fsp3) is 0.200. The van der Waals surface area contributed by atoms with Crippen molar-refractivity contribution in [1.82, 2.24) is 0 Å². The number of rotatable bonds is 2. The van der Waals surface area contributed by atoms with Gasteiger partial charge in [0.25, 0.3) is 0 Å². The van der Waals surface area contributed by atoms with Gasteiger partial charge in [-0.25, -0.2) is 0 Å². The zero-order valence-corrected chi connectivity index (χ0v) is 8.17. The number of phenols is 1. The second-order valence-corrected chi connectivity index (χ2v) is 3.30. The van der Waals surface area contributed by atoms with Gasteiger partial charge < -0.3 is 10.8 Å². The van der Waals surface area contributed by atoms with Crippen molar-refractivity contribution in [1.29, 1.82) is 0 Å². The molecule has 0 heterocycles. The van der Waals surface area contributed by atoms with Crippen molar-refractivity contribution in [3.63, 3.8) is 0 Å². The molecule has 13 heavy (non-hydrogen) atoms. The minimum absolute atomic E-state index is 0.153. The van der Waals surface area contributed by atoms with Crippen molar-refractivity contribution in [3.8, 4) is 5.75 Å². The fourth-order valence-corrected chi connectivity index (χ4v) is 1.41. The van der Waals surface area contributed by atoms with Crippen LogP contribution in [0.5, 0.6) is 5.75 Å². The minimum atomic E-state index is -0.424. The second kappa shape index (κ2) is 3.81. The van der Waals surface area contributed by atoms with Gasteiger partial charge in [0.05, 0.1) is 6.04 Å². The number of aromatic hydroxyl groups is 1. The van der Waals surface area contributed by atoms with E-state index in [1.54, 1.807) is 25.1 Å². The second-order valence-electron chi connectivity index (χ2n) is 2.89. The van der Waals surface area contributed by atoms with Gasteiger partial charge in [-0.15, -0.1) is 6.58 Å². The lowest BCUT2D eigenvalue weighted by Crippen LogP contribution is -2.07. The Hall–Kier alpha value is -0.990. The molecular weight excluding hydrogens is 186 g/mol. The summed E-state index contributed by atoms with van der Waals surface area (Å²) in [6.07, 6.45) is 1.54. The number of benzene rings is 1. The van der Waals surface area contributed by atoms with Crippen molar-refractivity contribution >= 4 is 11.6 Å². The Morgan fingerprint density at radius 1 is 1.62 bits per heavy atom. The number of hydrogen-bond donors (Lipinski definition) is 2. The van der Waals surface area contributed by atoms with Gasteiger partial charge in [-0.2, -0.15) is 0 Å². The number of phenolic OH excluding ortho intramolecular Hbond substituents is 1. The first-order valence-corrected chi connectivity index (χ1v) is 4.31. The predicted molar refractivity (Wildman–Crippen MR) is 55.0 cm³/mol. The molecule has 0 aliphatic rings. The Balaban J connectivity index is 3.32. The summed E-state index contributed by atoms with van der Waals surface area (Å²) in [6.45, 7) is 5.35. The Bertz CT molecular complexity index is 336. The van der Waals surface area contributed by atoms with Crippen LogP contribution in [0.4, 0.5) is 0 Å². The number of nitrogens with two attached hydrogens (primary N) is 1. The van der Waals surface area contributed by atoms with Crippen LogP contribution in [-0.2, 0) is 0 Å². The lowest BCUT2D eigenvalue weighted by Gasteiger charge is -2.12. The third-order valence-corrected chi connectivity index (χ3v) is 2.28. The summed E-state index contributed by atoms with van der Waals surface area (Å²) in [5, 5.41) is 10.1. The van der Waals surface area contributed by atoms with Crippen LogP contribution < -0.4 is 5.73 Å². The van der Waals surface area contributed by atoms with Crippen molar-refractivity contribution < 1.29 is 5.11 Å². The van der Waals surface area contributed by atoms with E-state index in [9.17, 15) is 5.11 Å². The topological polar surface area (TPSA) is 46.2 Å². The molecule has 1 rings (SSSR count). The first-order chi connectivity index (χ1) is 6.07. The summed E-state index contributed by atoms with van der Waals surface area (Å²) in [5.41, 5.74) is 7.00. The third-order valence-electron chi connectivity index (χ3n) is 1.95. The summed E-state index contributed by atoms with van der Waals surface area (Å²) < 4.78 is 0. The zero-order valence-electron chi connectivity index (χ0n) is 7.42. The Kier molecular flexibility index (Phi) is 2.96. The van der Waals surface area contributed by atoms with Crippen LogP contribution in [0.3, 0.4) is 0 Å². The van der Waals surface area contributed by atoms with Gasteiger partial charge in [-0.05, 0) is 18.6 Å². The monoisotopic (exact) mass is 197 g/mol. The van der Waals surface area contributed by atoms with E-state index >= 15 is 0 Å². The van der Waals surface area contributed by atoms with Crippen molar-refractivity contribution in [2.24, 2.45) is 5.73 Å². The first kappa shape index (κ1) is 10.1. The molecule has 0 unspecified atom stereocenters. The van der Waals surface area contributed by atoms with Gasteiger partial charge in [0.2, 0.25) is 0 Å². The average Bonchev–Trinajstić information content (AvgIpc) is 2.12. The molecule has 3 heteroatoms. The number of hydrogen-bond acceptors (Lipinski definition) is 2. The molecule has 0 radical (unpaired) electrons. The highest BCUT2D eigenvalue weighted by Crippen LogP contribution is 2.33. The normalized spacial score (nSPS) is 12.5. The lowest BCUT2D eigenvalue weighted by molar-refractivity contribution is 0.462. The fourth-order valence-electron chi connectivity index (χ4n) is 1.13. The van der Waals surface area contributed by atoms with Crippen molar-refractivity contribution in [2.75, 3.05) is 0 Å². The maximum absolute atomic E-state index is 9.67. The van der Waals surface area contributed by atoms with Gasteiger partial charge in [0, 0.05) is 10.6 Å². The Labute approximate surface area is 82.6 Å². The highest BCUT2D eigenvalue weighted by atomic mass is 35.5. The molecule has 0 saturated carbocycles. The average molecular weight is 198 g/mol. The van der Waals surface area contributed by atoms with E-state index in [-0.39, 0.29) is 5.75 Å². The Morgan fingerprint density at radius 3 is 2.77 bits per heavy atom. The molecule has 0 aliphatic carbocycles. The summed E-state index contributed by atoms with van der Waals surface area (Å²) in [4.78, 5) is 0. The van der Waals surface area contributed by atoms with Crippen LogP contribution in [0.1, 0.15) is 17.2 Å². The molecule has 0 aliphatic heterocycles. The van der Waals surface area contributed by atoms with Gasteiger partial charge in [0.1, 0.15) is 5.75 Å². The lowest BCUT2D eigenvalue weighted by atomic mass is 10.0. The predicted octanol–water partition coefficient (Wildman–Crippen LogP) is 2.54. The summed E-state index contributed by atoms with van der Waals surface area (Å²) in [5.74, 6) is 0.153. The smallest absolute Gasteiger partial charge is 0.125 e.